The van der Waals surface area contributed by atoms with Crippen molar-refractivity contribution in [1.29, 1.82) is 0 Å². The Balaban J connectivity index is 2.12. The van der Waals surface area contributed by atoms with Gasteiger partial charge in [0, 0.05) is 22.3 Å². The molecular formula is C21H17N3OS. The van der Waals surface area contributed by atoms with Gasteiger partial charge in [0.15, 0.2) is 10.9 Å². The molecule has 3 rings (SSSR count). The monoisotopic (exact) mass is 359 g/mol. The van der Waals surface area contributed by atoms with Crippen LogP contribution in [0.1, 0.15) is 27.0 Å². The average Bonchev–Trinajstić information content (AvgIpc) is 2.69. The Labute approximate surface area is 157 Å². The number of hydrogen-bond acceptors (Lipinski definition) is 3. The maximum Gasteiger partial charge on any atom is 0.193 e. The van der Waals surface area contributed by atoms with Gasteiger partial charge in [0.25, 0.3) is 0 Å². The molecule has 0 unspecified atom stereocenters. The van der Waals surface area contributed by atoms with Gasteiger partial charge in [-0.15, -0.1) is 0 Å². The smallest absolute Gasteiger partial charge is 0.193 e. The van der Waals surface area contributed by atoms with Gasteiger partial charge >= 0.3 is 0 Å². The first-order valence-electron chi connectivity index (χ1n) is 8.04. The normalized spacial score (nSPS) is 11.0. The van der Waals surface area contributed by atoms with E-state index in [2.05, 4.69) is 10.5 Å². The molecule has 0 amide bonds. The van der Waals surface area contributed by atoms with E-state index in [0.29, 0.717) is 22.4 Å². The first kappa shape index (κ1) is 17.5. The molecule has 4 nitrogen and oxygen atoms in total. The van der Waals surface area contributed by atoms with Crippen LogP contribution < -0.4 is 11.2 Å². The van der Waals surface area contributed by atoms with Gasteiger partial charge in [0.2, 0.25) is 0 Å². The van der Waals surface area contributed by atoms with Crippen LogP contribution in [0.3, 0.4) is 0 Å². The van der Waals surface area contributed by atoms with Crippen LogP contribution in [0.4, 0.5) is 0 Å². The van der Waals surface area contributed by atoms with Gasteiger partial charge in [-0.05, 0) is 12.2 Å². The van der Waals surface area contributed by atoms with Gasteiger partial charge in [-0.1, -0.05) is 84.9 Å². The SMILES string of the molecule is NC(=S)NN=C(c1ccccc1)c1ccccc1C(=O)c1ccccc1. The molecule has 3 aromatic rings. The molecule has 0 radical (unpaired) electrons. The van der Waals surface area contributed by atoms with Crippen LogP contribution in [0.25, 0.3) is 0 Å². The number of hydrogen-bond donors (Lipinski definition) is 2. The molecule has 128 valence electrons. The number of nitrogens with one attached hydrogen (secondary N) is 1. The van der Waals surface area contributed by atoms with Crippen molar-refractivity contribution >= 4 is 28.8 Å². The summed E-state index contributed by atoms with van der Waals surface area (Å²) in [7, 11) is 0. The number of benzene rings is 3. The number of nitrogens with zero attached hydrogens (tertiary/aromatic N) is 1. The summed E-state index contributed by atoms with van der Waals surface area (Å²) in [5, 5.41) is 4.41. The Morgan fingerprint density at radius 2 is 1.27 bits per heavy atom. The van der Waals surface area contributed by atoms with E-state index in [9.17, 15) is 4.79 Å². The van der Waals surface area contributed by atoms with E-state index in [1.165, 1.54) is 0 Å². The summed E-state index contributed by atoms with van der Waals surface area (Å²) in [6, 6.07) is 26.1. The maximum atomic E-state index is 13.0. The van der Waals surface area contributed by atoms with Crippen LogP contribution in [-0.2, 0) is 0 Å². The molecule has 0 spiro atoms. The number of carbonyl (C=O) groups excluding carboxylic acids is 1. The number of hydrazone groups is 1. The van der Waals surface area contributed by atoms with Gasteiger partial charge in [-0.25, -0.2) is 0 Å². The van der Waals surface area contributed by atoms with E-state index >= 15 is 0 Å². The molecule has 0 bridgehead atoms. The fourth-order valence-electron chi connectivity index (χ4n) is 2.62. The Kier molecular flexibility index (Phi) is 5.51. The standard InChI is InChI=1S/C21H17N3OS/c22-21(26)24-23-19(15-9-3-1-4-10-15)17-13-7-8-14-18(17)20(25)16-11-5-2-6-12-16/h1-14H,(H3,22,24,26). The lowest BCUT2D eigenvalue weighted by Crippen LogP contribution is -2.26. The van der Waals surface area contributed by atoms with E-state index in [4.69, 9.17) is 18.0 Å². The molecule has 0 saturated heterocycles. The van der Waals surface area contributed by atoms with Gasteiger partial charge < -0.3 is 5.73 Å². The van der Waals surface area contributed by atoms with Crippen LogP contribution in [0.15, 0.2) is 90.0 Å². The summed E-state index contributed by atoms with van der Waals surface area (Å²) in [6.45, 7) is 0. The highest BCUT2D eigenvalue weighted by Gasteiger charge is 2.18. The first-order valence-corrected chi connectivity index (χ1v) is 8.45. The average molecular weight is 359 g/mol. The van der Waals surface area contributed by atoms with E-state index < -0.39 is 0 Å². The van der Waals surface area contributed by atoms with Crippen molar-refractivity contribution in [2.75, 3.05) is 0 Å². The highest BCUT2D eigenvalue weighted by molar-refractivity contribution is 7.80. The molecule has 0 fully saturated rings. The number of nitrogens with two attached hydrogens (primary N) is 1. The predicted octanol–water partition coefficient (Wildman–Crippen LogP) is 3.50. The topological polar surface area (TPSA) is 67.5 Å². The molecule has 0 aromatic heterocycles. The molecule has 26 heavy (non-hydrogen) atoms. The predicted molar refractivity (Wildman–Crippen MR) is 108 cm³/mol. The molecule has 0 aliphatic carbocycles. The minimum atomic E-state index is -0.0693. The van der Waals surface area contributed by atoms with E-state index in [0.717, 1.165) is 5.56 Å². The number of ketones is 1. The Hall–Kier alpha value is -3.31. The van der Waals surface area contributed by atoms with Crippen LogP contribution >= 0.6 is 12.2 Å². The van der Waals surface area contributed by atoms with E-state index in [1.807, 2.05) is 66.7 Å². The van der Waals surface area contributed by atoms with Crippen molar-refractivity contribution in [2.24, 2.45) is 10.8 Å². The van der Waals surface area contributed by atoms with Crippen molar-refractivity contribution in [3.63, 3.8) is 0 Å². The summed E-state index contributed by atoms with van der Waals surface area (Å²) in [5.74, 6) is -0.0693. The second kappa shape index (κ2) is 8.18. The largest absolute Gasteiger partial charge is 0.375 e. The third kappa shape index (κ3) is 4.02. The molecule has 0 aliphatic heterocycles. The van der Waals surface area contributed by atoms with Crippen LogP contribution in [-0.4, -0.2) is 16.6 Å². The van der Waals surface area contributed by atoms with Crippen molar-refractivity contribution in [3.8, 4) is 0 Å². The van der Waals surface area contributed by atoms with Crippen molar-refractivity contribution in [2.45, 2.75) is 0 Å². The molecule has 3 aromatic carbocycles. The lowest BCUT2D eigenvalue weighted by molar-refractivity contribution is 0.103. The Morgan fingerprint density at radius 1 is 0.769 bits per heavy atom. The summed E-state index contributed by atoms with van der Waals surface area (Å²) in [4.78, 5) is 13.0. The molecule has 0 heterocycles. The zero-order chi connectivity index (χ0) is 18.4. The first-order chi connectivity index (χ1) is 12.7. The lowest BCUT2D eigenvalue weighted by Gasteiger charge is -2.12. The Morgan fingerprint density at radius 3 is 1.85 bits per heavy atom. The number of thiocarbonyl (C=S) groups is 1. The molecule has 0 saturated carbocycles. The van der Waals surface area contributed by atoms with Gasteiger partial charge in [0.1, 0.15) is 0 Å². The van der Waals surface area contributed by atoms with Crippen LogP contribution in [0.5, 0.6) is 0 Å². The minimum Gasteiger partial charge on any atom is -0.375 e. The molecule has 0 atom stereocenters. The molecule has 0 aliphatic rings. The zero-order valence-electron chi connectivity index (χ0n) is 13.9. The summed E-state index contributed by atoms with van der Waals surface area (Å²) < 4.78 is 0. The summed E-state index contributed by atoms with van der Waals surface area (Å²) >= 11 is 4.87. The Bertz CT molecular complexity index is 953. The van der Waals surface area contributed by atoms with Crippen LogP contribution in [0.2, 0.25) is 0 Å². The van der Waals surface area contributed by atoms with Crippen molar-refractivity contribution in [3.05, 3.63) is 107 Å². The lowest BCUT2D eigenvalue weighted by atomic mass is 9.93. The van der Waals surface area contributed by atoms with Crippen LogP contribution in [0, 0.1) is 0 Å². The molecule has 5 heteroatoms. The molecule has 3 N–H and O–H groups in total. The zero-order valence-corrected chi connectivity index (χ0v) is 14.7. The number of carbonyl (C=O) groups is 1. The summed E-state index contributed by atoms with van der Waals surface area (Å²) in [6.07, 6.45) is 0. The minimum absolute atomic E-state index is 0.0605. The fourth-order valence-corrected chi connectivity index (χ4v) is 2.67. The number of rotatable bonds is 5. The highest BCUT2D eigenvalue weighted by atomic mass is 32.1. The quantitative estimate of drug-likeness (QED) is 0.317. The second-order valence-electron chi connectivity index (χ2n) is 5.54. The third-order valence-electron chi connectivity index (χ3n) is 3.79. The van der Waals surface area contributed by atoms with Gasteiger partial charge in [0.05, 0.1) is 5.71 Å². The summed E-state index contributed by atoms with van der Waals surface area (Å²) in [5.41, 5.74) is 11.5. The van der Waals surface area contributed by atoms with E-state index in [-0.39, 0.29) is 10.9 Å². The fraction of sp³-hybridized carbons (Fsp3) is 0. The van der Waals surface area contributed by atoms with E-state index in [1.54, 1.807) is 18.2 Å². The van der Waals surface area contributed by atoms with Gasteiger partial charge in [-0.3, -0.25) is 10.2 Å². The third-order valence-corrected chi connectivity index (χ3v) is 3.88. The van der Waals surface area contributed by atoms with Crippen molar-refractivity contribution < 1.29 is 4.79 Å². The second-order valence-corrected chi connectivity index (χ2v) is 5.98. The molecular weight excluding hydrogens is 342 g/mol. The highest BCUT2D eigenvalue weighted by Crippen LogP contribution is 2.19. The van der Waals surface area contributed by atoms with Gasteiger partial charge in [-0.2, -0.15) is 5.10 Å². The maximum absolute atomic E-state index is 13.0. The van der Waals surface area contributed by atoms with Crippen molar-refractivity contribution in [1.82, 2.24) is 5.43 Å².